The maximum Gasteiger partial charge on any atom is 0.135 e. The zero-order chi connectivity index (χ0) is 14.5. The van der Waals surface area contributed by atoms with Gasteiger partial charge >= 0.3 is 0 Å². The SMILES string of the molecule is C[C@@H](Cc1ccccc1)C1CC(Cc2ccccc2)=NO1. The number of oxime groups is 1. The van der Waals surface area contributed by atoms with Crippen LogP contribution in [0.4, 0.5) is 0 Å². The highest BCUT2D eigenvalue weighted by atomic mass is 16.6. The van der Waals surface area contributed by atoms with E-state index in [0.717, 1.165) is 25.0 Å². The number of hydrogen-bond acceptors (Lipinski definition) is 2. The normalized spacial score (nSPS) is 18.9. The zero-order valence-electron chi connectivity index (χ0n) is 12.4. The summed E-state index contributed by atoms with van der Waals surface area (Å²) in [7, 11) is 0. The van der Waals surface area contributed by atoms with Gasteiger partial charge in [0, 0.05) is 18.8 Å². The van der Waals surface area contributed by atoms with Crippen LogP contribution >= 0.6 is 0 Å². The average Bonchev–Trinajstić information content (AvgIpc) is 2.98. The molecule has 108 valence electrons. The molecule has 0 radical (unpaired) electrons. The second-order valence-electron chi connectivity index (χ2n) is 5.83. The molecule has 2 heteroatoms. The van der Waals surface area contributed by atoms with E-state index in [1.807, 2.05) is 6.07 Å². The average molecular weight is 279 g/mol. The molecule has 2 aromatic carbocycles. The number of rotatable bonds is 5. The van der Waals surface area contributed by atoms with Crippen LogP contribution in [0.1, 0.15) is 24.5 Å². The van der Waals surface area contributed by atoms with E-state index in [1.54, 1.807) is 0 Å². The van der Waals surface area contributed by atoms with Crippen molar-refractivity contribution >= 4 is 5.71 Å². The van der Waals surface area contributed by atoms with Crippen LogP contribution < -0.4 is 0 Å². The van der Waals surface area contributed by atoms with E-state index < -0.39 is 0 Å². The Morgan fingerprint density at radius 1 is 1.00 bits per heavy atom. The van der Waals surface area contributed by atoms with Gasteiger partial charge in [-0.3, -0.25) is 0 Å². The van der Waals surface area contributed by atoms with Crippen LogP contribution in [-0.4, -0.2) is 11.8 Å². The molecule has 2 nitrogen and oxygen atoms in total. The van der Waals surface area contributed by atoms with E-state index in [1.165, 1.54) is 11.1 Å². The van der Waals surface area contributed by atoms with Crippen LogP contribution in [0.5, 0.6) is 0 Å². The Morgan fingerprint density at radius 3 is 2.29 bits per heavy atom. The van der Waals surface area contributed by atoms with Crippen LogP contribution in [0.25, 0.3) is 0 Å². The summed E-state index contributed by atoms with van der Waals surface area (Å²) >= 11 is 0. The highest BCUT2D eigenvalue weighted by Gasteiger charge is 2.26. The van der Waals surface area contributed by atoms with Crippen LogP contribution in [0.3, 0.4) is 0 Å². The van der Waals surface area contributed by atoms with E-state index in [9.17, 15) is 0 Å². The van der Waals surface area contributed by atoms with Crippen LogP contribution in [0.2, 0.25) is 0 Å². The summed E-state index contributed by atoms with van der Waals surface area (Å²) in [4.78, 5) is 5.66. The molecule has 0 saturated heterocycles. The number of nitrogens with zero attached hydrogens (tertiary/aromatic N) is 1. The van der Waals surface area contributed by atoms with Gasteiger partial charge < -0.3 is 4.84 Å². The van der Waals surface area contributed by atoms with Gasteiger partial charge in [0.15, 0.2) is 0 Å². The zero-order valence-corrected chi connectivity index (χ0v) is 12.4. The Labute approximate surface area is 126 Å². The van der Waals surface area contributed by atoms with Gasteiger partial charge in [0.05, 0.1) is 5.71 Å². The van der Waals surface area contributed by atoms with E-state index in [4.69, 9.17) is 4.84 Å². The predicted molar refractivity (Wildman–Crippen MR) is 86.4 cm³/mol. The van der Waals surface area contributed by atoms with Crippen LogP contribution in [-0.2, 0) is 17.7 Å². The standard InChI is InChI=1S/C19H21NO/c1-15(12-16-8-4-2-5-9-16)19-14-18(20-21-19)13-17-10-6-3-7-11-17/h2-11,15,19H,12-14H2,1H3/t15-,19?/m0/s1. The minimum Gasteiger partial charge on any atom is -0.392 e. The Kier molecular flexibility index (Phi) is 4.34. The molecule has 0 fully saturated rings. The molecule has 0 spiro atoms. The molecule has 1 unspecified atom stereocenters. The van der Waals surface area contributed by atoms with Crippen molar-refractivity contribution in [2.24, 2.45) is 11.1 Å². The van der Waals surface area contributed by atoms with Crippen molar-refractivity contribution in [1.82, 2.24) is 0 Å². The minimum absolute atomic E-state index is 0.212. The molecule has 3 rings (SSSR count). The van der Waals surface area contributed by atoms with Gasteiger partial charge in [-0.15, -0.1) is 0 Å². The minimum atomic E-state index is 0.212. The Bertz CT molecular complexity index is 591. The first-order valence-electron chi connectivity index (χ1n) is 7.60. The Morgan fingerprint density at radius 2 is 1.62 bits per heavy atom. The molecule has 1 heterocycles. The summed E-state index contributed by atoms with van der Waals surface area (Å²) in [5, 5.41) is 4.29. The lowest BCUT2D eigenvalue weighted by molar-refractivity contribution is 0.0463. The van der Waals surface area contributed by atoms with Gasteiger partial charge in [-0.2, -0.15) is 0 Å². The molecular formula is C19H21NO. The summed E-state index contributed by atoms with van der Waals surface area (Å²) in [6.45, 7) is 2.25. The number of hydrogen-bond donors (Lipinski definition) is 0. The van der Waals surface area contributed by atoms with E-state index >= 15 is 0 Å². The summed E-state index contributed by atoms with van der Waals surface area (Å²) in [5.41, 5.74) is 3.83. The maximum absolute atomic E-state index is 5.66. The van der Waals surface area contributed by atoms with Crippen LogP contribution in [0, 0.1) is 5.92 Å². The van der Waals surface area contributed by atoms with Gasteiger partial charge in [-0.05, 0) is 17.5 Å². The molecule has 0 amide bonds. The maximum atomic E-state index is 5.66. The summed E-state index contributed by atoms with van der Waals surface area (Å²) in [6.07, 6.45) is 3.10. The van der Waals surface area contributed by atoms with E-state index in [-0.39, 0.29) is 6.10 Å². The third-order valence-electron chi connectivity index (χ3n) is 4.04. The molecule has 0 aromatic heterocycles. The van der Waals surface area contributed by atoms with Gasteiger partial charge in [0.2, 0.25) is 0 Å². The first kappa shape index (κ1) is 13.9. The van der Waals surface area contributed by atoms with Gasteiger partial charge in [0.25, 0.3) is 0 Å². The summed E-state index contributed by atoms with van der Waals surface area (Å²) in [6, 6.07) is 21.1. The van der Waals surface area contributed by atoms with Crippen molar-refractivity contribution < 1.29 is 4.84 Å². The largest absolute Gasteiger partial charge is 0.392 e. The van der Waals surface area contributed by atoms with Crippen molar-refractivity contribution in [3.8, 4) is 0 Å². The third-order valence-corrected chi connectivity index (χ3v) is 4.04. The van der Waals surface area contributed by atoms with E-state index in [2.05, 4.69) is 66.7 Å². The first-order valence-corrected chi connectivity index (χ1v) is 7.60. The van der Waals surface area contributed by atoms with Crippen molar-refractivity contribution in [1.29, 1.82) is 0 Å². The topological polar surface area (TPSA) is 21.6 Å². The lowest BCUT2D eigenvalue weighted by atomic mass is 9.92. The predicted octanol–water partition coefficient (Wildman–Crippen LogP) is 4.25. The summed E-state index contributed by atoms with van der Waals surface area (Å²) < 4.78 is 0. The fraction of sp³-hybridized carbons (Fsp3) is 0.316. The van der Waals surface area contributed by atoms with Crippen LogP contribution in [0.15, 0.2) is 65.8 Å². The molecule has 1 aliphatic heterocycles. The Hall–Kier alpha value is -2.09. The van der Waals surface area contributed by atoms with Gasteiger partial charge in [-0.1, -0.05) is 72.7 Å². The molecule has 0 bridgehead atoms. The van der Waals surface area contributed by atoms with E-state index in [0.29, 0.717) is 5.92 Å². The third kappa shape index (κ3) is 3.72. The molecule has 2 atom stereocenters. The lowest BCUT2D eigenvalue weighted by Gasteiger charge is -2.17. The molecule has 0 N–H and O–H groups in total. The second kappa shape index (κ2) is 6.57. The van der Waals surface area contributed by atoms with Crippen molar-refractivity contribution in [3.63, 3.8) is 0 Å². The highest BCUT2D eigenvalue weighted by Crippen LogP contribution is 2.23. The fourth-order valence-corrected chi connectivity index (χ4v) is 2.81. The van der Waals surface area contributed by atoms with Crippen molar-refractivity contribution in [2.45, 2.75) is 32.3 Å². The molecule has 0 saturated carbocycles. The molecule has 0 aliphatic carbocycles. The molecular weight excluding hydrogens is 258 g/mol. The number of benzene rings is 2. The molecule has 2 aromatic rings. The first-order chi connectivity index (χ1) is 10.3. The monoisotopic (exact) mass is 279 g/mol. The summed E-state index contributed by atoms with van der Waals surface area (Å²) in [5.74, 6) is 0.476. The van der Waals surface area contributed by atoms with Gasteiger partial charge in [-0.25, -0.2) is 0 Å². The van der Waals surface area contributed by atoms with Crippen molar-refractivity contribution in [3.05, 3.63) is 71.8 Å². The van der Waals surface area contributed by atoms with Gasteiger partial charge in [0.1, 0.15) is 6.10 Å². The van der Waals surface area contributed by atoms with Crippen molar-refractivity contribution in [2.75, 3.05) is 0 Å². The Balaban J connectivity index is 1.53. The highest BCUT2D eigenvalue weighted by molar-refractivity contribution is 5.87. The molecule has 21 heavy (non-hydrogen) atoms. The lowest BCUT2D eigenvalue weighted by Crippen LogP contribution is -2.20. The smallest absolute Gasteiger partial charge is 0.135 e. The fourth-order valence-electron chi connectivity index (χ4n) is 2.81. The quantitative estimate of drug-likeness (QED) is 0.801. The second-order valence-corrected chi connectivity index (χ2v) is 5.83. The molecule has 1 aliphatic rings.